The van der Waals surface area contributed by atoms with E-state index >= 15 is 0 Å². The lowest BCUT2D eigenvalue weighted by molar-refractivity contribution is -0.140. The van der Waals surface area contributed by atoms with Gasteiger partial charge < -0.3 is 20.1 Å². The quantitative estimate of drug-likeness (QED) is 0.530. The first kappa shape index (κ1) is 25.5. The molecule has 0 bridgehead atoms. The lowest BCUT2D eigenvalue weighted by Crippen LogP contribution is -2.53. The van der Waals surface area contributed by atoms with Crippen LogP contribution < -0.4 is 15.4 Å². The van der Waals surface area contributed by atoms with Gasteiger partial charge in [0.15, 0.2) is 0 Å². The van der Waals surface area contributed by atoms with Crippen LogP contribution in [-0.4, -0.2) is 64.1 Å². The van der Waals surface area contributed by atoms with E-state index in [1.165, 1.54) is 0 Å². The fourth-order valence-electron chi connectivity index (χ4n) is 3.36. The fourth-order valence-corrected chi connectivity index (χ4v) is 5.00. The molecular formula is C22H25F2N3O6S. The Hall–Kier alpha value is -3.09. The molecule has 1 fully saturated rings. The summed E-state index contributed by atoms with van der Waals surface area (Å²) >= 11 is 0. The lowest BCUT2D eigenvalue weighted by atomic mass is 10.1. The van der Waals surface area contributed by atoms with Crippen LogP contribution in [0.3, 0.4) is 0 Å². The zero-order valence-corrected chi connectivity index (χ0v) is 19.2. The molecule has 2 aromatic carbocycles. The minimum absolute atomic E-state index is 0.0210. The van der Waals surface area contributed by atoms with Crippen molar-refractivity contribution in [2.24, 2.45) is 0 Å². The molecule has 0 spiro atoms. The first-order chi connectivity index (χ1) is 16.2. The Bertz CT molecular complexity index is 1130. The number of benzene rings is 2. The van der Waals surface area contributed by atoms with Crippen LogP contribution in [0.2, 0.25) is 0 Å². The summed E-state index contributed by atoms with van der Waals surface area (Å²) in [6, 6.07) is 9.36. The smallest absolute Gasteiger partial charge is 0.309 e. The van der Waals surface area contributed by atoms with E-state index in [4.69, 9.17) is 9.47 Å². The molecular weight excluding hydrogens is 472 g/mol. The van der Waals surface area contributed by atoms with Crippen molar-refractivity contribution < 1.29 is 36.3 Å². The molecule has 0 saturated carbocycles. The Balaban J connectivity index is 1.55. The van der Waals surface area contributed by atoms with E-state index in [0.717, 1.165) is 22.0 Å². The maximum absolute atomic E-state index is 14.1. The van der Waals surface area contributed by atoms with Crippen molar-refractivity contribution in [1.29, 1.82) is 0 Å². The first-order valence-corrected chi connectivity index (χ1v) is 11.9. The summed E-state index contributed by atoms with van der Waals surface area (Å²) in [5.41, 5.74) is 0.933. The molecule has 0 radical (unpaired) electrons. The molecule has 12 heteroatoms. The van der Waals surface area contributed by atoms with Gasteiger partial charge in [0, 0.05) is 13.1 Å². The van der Waals surface area contributed by atoms with E-state index in [-0.39, 0.29) is 26.2 Å². The van der Waals surface area contributed by atoms with E-state index in [9.17, 15) is 26.8 Å². The van der Waals surface area contributed by atoms with Crippen molar-refractivity contribution in [2.45, 2.75) is 24.0 Å². The summed E-state index contributed by atoms with van der Waals surface area (Å²) < 4.78 is 64.8. The number of hydrogen-bond acceptors (Lipinski definition) is 6. The van der Waals surface area contributed by atoms with Gasteiger partial charge in [-0.15, -0.1) is 0 Å². The Morgan fingerprint density at radius 1 is 1.12 bits per heavy atom. The third-order valence-corrected chi connectivity index (χ3v) is 7.04. The molecule has 2 amide bonds. The molecule has 1 atom stereocenters. The van der Waals surface area contributed by atoms with Crippen LogP contribution in [0.25, 0.3) is 0 Å². The van der Waals surface area contributed by atoms with Crippen LogP contribution in [0.1, 0.15) is 12.0 Å². The molecule has 3 rings (SSSR count). The molecule has 2 aromatic rings. The predicted octanol–water partition coefficient (Wildman–Crippen LogP) is 1.19. The monoisotopic (exact) mass is 497 g/mol. The van der Waals surface area contributed by atoms with Gasteiger partial charge in [0.2, 0.25) is 10.0 Å². The van der Waals surface area contributed by atoms with Gasteiger partial charge in [-0.3, -0.25) is 9.59 Å². The second-order valence-electron chi connectivity index (χ2n) is 7.43. The average Bonchev–Trinajstić information content (AvgIpc) is 2.84. The summed E-state index contributed by atoms with van der Waals surface area (Å²) in [6.07, 6.45) is -0.371. The molecule has 0 unspecified atom stereocenters. The fraction of sp³-hybridized carbons (Fsp3) is 0.364. The maximum Gasteiger partial charge on any atom is 0.309 e. The summed E-state index contributed by atoms with van der Waals surface area (Å²) in [7, 11) is -2.89. The maximum atomic E-state index is 14.1. The molecule has 9 nitrogen and oxygen atoms in total. The second kappa shape index (κ2) is 11.4. The number of carbonyl (C=O) groups excluding carboxylic acids is 2. The normalized spacial score (nSPS) is 16.6. The van der Waals surface area contributed by atoms with Crippen molar-refractivity contribution >= 4 is 21.8 Å². The number of ether oxygens (including phenoxy) is 2. The van der Waals surface area contributed by atoms with Gasteiger partial charge >= 0.3 is 11.8 Å². The van der Waals surface area contributed by atoms with Gasteiger partial charge in [-0.05, 0) is 48.7 Å². The lowest BCUT2D eigenvalue weighted by Gasteiger charge is -2.34. The Morgan fingerprint density at radius 3 is 2.53 bits per heavy atom. The molecule has 1 saturated heterocycles. The molecule has 1 aliphatic rings. The van der Waals surface area contributed by atoms with Gasteiger partial charge in [-0.2, -0.15) is 4.31 Å². The van der Waals surface area contributed by atoms with Gasteiger partial charge in [-0.1, -0.05) is 12.1 Å². The second-order valence-corrected chi connectivity index (χ2v) is 9.29. The van der Waals surface area contributed by atoms with E-state index in [1.54, 1.807) is 19.2 Å². The summed E-state index contributed by atoms with van der Waals surface area (Å²) in [5.74, 6) is -3.18. The molecule has 1 aliphatic heterocycles. The standard InChI is InChI=1S/C22H25F2N3O6S/c1-32-17-6-3-15(4-7-17)9-10-25-21(28)22(29)26-14-20-27(11-2-12-33-20)34(30,31)19-13-16(23)5-8-18(19)24/h3-8,13,20H,2,9-12,14H2,1H3,(H,25,28)(H,26,29)/t20-/m1/s1. The summed E-state index contributed by atoms with van der Waals surface area (Å²) in [6.45, 7) is 0.0396. The average molecular weight is 498 g/mol. The number of hydrogen-bond donors (Lipinski definition) is 2. The van der Waals surface area contributed by atoms with Crippen LogP contribution in [-0.2, 0) is 30.8 Å². The Morgan fingerprint density at radius 2 is 1.82 bits per heavy atom. The number of methoxy groups -OCH3 is 1. The molecule has 34 heavy (non-hydrogen) atoms. The van der Waals surface area contributed by atoms with Crippen molar-refractivity contribution in [3.05, 3.63) is 59.7 Å². The third-order valence-electron chi connectivity index (χ3n) is 5.14. The van der Waals surface area contributed by atoms with Gasteiger partial charge in [-0.25, -0.2) is 17.2 Å². The highest BCUT2D eigenvalue weighted by molar-refractivity contribution is 7.89. The van der Waals surface area contributed by atoms with E-state index in [1.807, 2.05) is 12.1 Å². The zero-order chi connectivity index (χ0) is 24.7. The zero-order valence-electron chi connectivity index (χ0n) is 18.4. The number of nitrogens with zero attached hydrogens (tertiary/aromatic N) is 1. The van der Waals surface area contributed by atoms with Crippen molar-refractivity contribution in [3.63, 3.8) is 0 Å². The van der Waals surface area contributed by atoms with Crippen molar-refractivity contribution in [2.75, 3.05) is 33.4 Å². The summed E-state index contributed by atoms with van der Waals surface area (Å²) in [4.78, 5) is 23.4. The molecule has 1 heterocycles. The number of sulfonamides is 1. The van der Waals surface area contributed by atoms with Crippen LogP contribution in [0.15, 0.2) is 47.4 Å². The van der Waals surface area contributed by atoms with Crippen molar-refractivity contribution in [1.82, 2.24) is 14.9 Å². The first-order valence-electron chi connectivity index (χ1n) is 10.5. The SMILES string of the molecule is COc1ccc(CCNC(=O)C(=O)NC[C@H]2OCCCN2S(=O)(=O)c2cc(F)ccc2F)cc1. The largest absolute Gasteiger partial charge is 0.497 e. The number of nitrogens with one attached hydrogen (secondary N) is 2. The van der Waals surface area contributed by atoms with Crippen molar-refractivity contribution in [3.8, 4) is 5.75 Å². The minimum Gasteiger partial charge on any atom is -0.497 e. The van der Waals surface area contributed by atoms with Crippen LogP contribution >= 0.6 is 0 Å². The van der Waals surface area contributed by atoms with Gasteiger partial charge in [0.05, 0.1) is 20.3 Å². The van der Waals surface area contributed by atoms with Crippen LogP contribution in [0.4, 0.5) is 8.78 Å². The number of rotatable bonds is 8. The predicted molar refractivity (Wildman–Crippen MR) is 117 cm³/mol. The third kappa shape index (κ3) is 6.27. The number of amides is 2. The van der Waals surface area contributed by atoms with Gasteiger partial charge in [0.1, 0.15) is 28.5 Å². The number of carbonyl (C=O) groups is 2. The Kier molecular flexibility index (Phi) is 8.53. The summed E-state index contributed by atoms with van der Waals surface area (Å²) in [5, 5.41) is 4.81. The van der Waals surface area contributed by atoms with Crippen LogP contribution in [0, 0.1) is 11.6 Å². The molecule has 2 N–H and O–H groups in total. The Labute approximate surface area is 196 Å². The van der Waals surface area contributed by atoms with E-state index < -0.39 is 44.6 Å². The molecule has 0 aliphatic carbocycles. The highest BCUT2D eigenvalue weighted by Gasteiger charge is 2.36. The van der Waals surface area contributed by atoms with Gasteiger partial charge in [0.25, 0.3) is 0 Å². The highest BCUT2D eigenvalue weighted by atomic mass is 32.2. The molecule has 0 aromatic heterocycles. The minimum atomic E-state index is -4.45. The van der Waals surface area contributed by atoms with E-state index in [0.29, 0.717) is 24.7 Å². The molecule has 184 valence electrons. The number of halogens is 2. The van der Waals surface area contributed by atoms with Crippen LogP contribution in [0.5, 0.6) is 5.75 Å². The topological polar surface area (TPSA) is 114 Å². The highest BCUT2D eigenvalue weighted by Crippen LogP contribution is 2.24. The van der Waals surface area contributed by atoms with E-state index in [2.05, 4.69) is 10.6 Å².